The third kappa shape index (κ3) is 2.97. The van der Waals surface area contributed by atoms with Crippen molar-refractivity contribution < 1.29 is 4.74 Å². The Morgan fingerprint density at radius 1 is 1.16 bits per heavy atom. The van der Waals surface area contributed by atoms with Crippen LogP contribution in [0.2, 0.25) is 0 Å². The van der Waals surface area contributed by atoms with E-state index in [1.807, 2.05) is 0 Å². The zero-order valence-electron chi connectivity index (χ0n) is 12.5. The highest BCUT2D eigenvalue weighted by atomic mass is 16.5. The Kier molecular flexibility index (Phi) is 4.13. The summed E-state index contributed by atoms with van der Waals surface area (Å²) in [4.78, 5) is 4.97. The van der Waals surface area contributed by atoms with Gasteiger partial charge in [0.05, 0.1) is 13.2 Å². The molecule has 3 aliphatic rings. The molecule has 0 bridgehead atoms. The van der Waals surface area contributed by atoms with E-state index in [-0.39, 0.29) is 0 Å². The van der Waals surface area contributed by atoms with Crippen molar-refractivity contribution in [2.45, 2.75) is 25.3 Å². The fourth-order valence-corrected chi connectivity index (χ4v) is 4.17. The Hall–Kier alpha value is -0.160. The van der Waals surface area contributed by atoms with E-state index < -0.39 is 0 Å². The number of piperazine rings is 1. The van der Waals surface area contributed by atoms with Crippen LogP contribution >= 0.6 is 0 Å². The minimum absolute atomic E-state index is 0.463. The van der Waals surface area contributed by atoms with Gasteiger partial charge in [-0.1, -0.05) is 0 Å². The Labute approximate surface area is 117 Å². The summed E-state index contributed by atoms with van der Waals surface area (Å²) < 4.78 is 5.64. The first-order valence-electron chi connectivity index (χ1n) is 7.86. The van der Waals surface area contributed by atoms with Crippen molar-refractivity contribution in [1.29, 1.82) is 0 Å². The molecule has 3 fully saturated rings. The van der Waals surface area contributed by atoms with Crippen LogP contribution in [0.1, 0.15) is 19.3 Å². The number of nitrogens with zero attached hydrogens (tertiary/aromatic N) is 2. The van der Waals surface area contributed by atoms with Crippen LogP contribution in [0.25, 0.3) is 0 Å². The molecule has 2 atom stereocenters. The predicted octanol–water partition coefficient (Wildman–Crippen LogP) is 0.639. The highest BCUT2D eigenvalue weighted by Gasteiger charge is 2.47. The summed E-state index contributed by atoms with van der Waals surface area (Å²) in [5, 5.41) is 3.71. The Bertz CT molecular complexity index is 306. The maximum Gasteiger partial charge on any atom is 0.0548 e. The number of likely N-dealkylation sites (tertiary alicyclic amines) is 1. The highest BCUT2D eigenvalue weighted by molar-refractivity contribution is 4.98. The van der Waals surface area contributed by atoms with E-state index in [2.05, 4.69) is 29.2 Å². The van der Waals surface area contributed by atoms with Crippen molar-refractivity contribution in [1.82, 2.24) is 15.1 Å². The van der Waals surface area contributed by atoms with Crippen molar-refractivity contribution in [2.24, 2.45) is 11.3 Å². The standard InChI is InChI=1S/C15H29N3O/c1-17-6-3-4-13(9-17)15(11-19-12-15)8-14-10-18(2)7-5-16-14/h13-14,16H,3-12H2,1-2H3. The Morgan fingerprint density at radius 2 is 1.95 bits per heavy atom. The lowest BCUT2D eigenvalue weighted by Gasteiger charge is -2.52. The molecule has 110 valence electrons. The van der Waals surface area contributed by atoms with Gasteiger partial charge in [0, 0.05) is 37.6 Å². The van der Waals surface area contributed by atoms with Gasteiger partial charge in [0.25, 0.3) is 0 Å². The molecule has 1 N–H and O–H groups in total. The summed E-state index contributed by atoms with van der Waals surface area (Å²) >= 11 is 0. The molecule has 0 radical (unpaired) electrons. The van der Waals surface area contributed by atoms with Crippen molar-refractivity contribution in [3.63, 3.8) is 0 Å². The third-order valence-corrected chi connectivity index (χ3v) is 5.38. The maximum absolute atomic E-state index is 5.64. The summed E-state index contributed by atoms with van der Waals surface area (Å²) in [7, 11) is 4.51. The zero-order chi connectivity index (χ0) is 13.3. The van der Waals surface area contributed by atoms with Gasteiger partial charge in [-0.2, -0.15) is 0 Å². The molecule has 19 heavy (non-hydrogen) atoms. The molecule has 0 aromatic heterocycles. The molecule has 4 nitrogen and oxygen atoms in total. The second-order valence-corrected chi connectivity index (χ2v) is 7.07. The van der Waals surface area contributed by atoms with Crippen LogP contribution in [-0.4, -0.2) is 75.9 Å². The number of piperidine rings is 1. The fraction of sp³-hybridized carbons (Fsp3) is 1.00. The summed E-state index contributed by atoms with van der Waals surface area (Å²) in [6.07, 6.45) is 4.06. The molecule has 3 saturated heterocycles. The van der Waals surface area contributed by atoms with Crippen molar-refractivity contribution in [3.05, 3.63) is 0 Å². The first kappa shape index (κ1) is 13.8. The van der Waals surface area contributed by atoms with E-state index in [4.69, 9.17) is 4.74 Å². The Balaban J connectivity index is 1.62. The molecule has 0 aromatic carbocycles. The monoisotopic (exact) mass is 267 g/mol. The van der Waals surface area contributed by atoms with E-state index in [1.165, 1.54) is 45.4 Å². The normalized spacial score (nSPS) is 36.9. The van der Waals surface area contributed by atoms with E-state index in [0.717, 1.165) is 25.7 Å². The van der Waals surface area contributed by atoms with Crippen molar-refractivity contribution >= 4 is 0 Å². The Morgan fingerprint density at radius 3 is 2.58 bits per heavy atom. The molecule has 4 heteroatoms. The molecule has 3 aliphatic heterocycles. The topological polar surface area (TPSA) is 27.7 Å². The highest BCUT2D eigenvalue weighted by Crippen LogP contribution is 2.44. The van der Waals surface area contributed by atoms with E-state index in [1.54, 1.807) is 0 Å². The minimum atomic E-state index is 0.463. The van der Waals surface area contributed by atoms with Gasteiger partial charge in [0.1, 0.15) is 0 Å². The van der Waals surface area contributed by atoms with Gasteiger partial charge >= 0.3 is 0 Å². The quantitative estimate of drug-likeness (QED) is 0.812. The zero-order valence-corrected chi connectivity index (χ0v) is 12.5. The molecule has 0 aromatic rings. The molecule has 2 unspecified atom stereocenters. The van der Waals surface area contributed by atoms with Gasteiger partial charge in [0.15, 0.2) is 0 Å². The summed E-state index contributed by atoms with van der Waals surface area (Å²) in [5.41, 5.74) is 0.463. The second kappa shape index (κ2) is 5.68. The van der Waals surface area contributed by atoms with Gasteiger partial charge < -0.3 is 19.9 Å². The summed E-state index contributed by atoms with van der Waals surface area (Å²) in [6.45, 7) is 8.06. The molecule has 0 aliphatic carbocycles. The van der Waals surface area contributed by atoms with Gasteiger partial charge in [-0.3, -0.25) is 0 Å². The lowest BCUT2D eigenvalue weighted by molar-refractivity contribution is -0.165. The lowest BCUT2D eigenvalue weighted by atomic mass is 9.66. The fourth-order valence-electron chi connectivity index (χ4n) is 4.17. The first-order chi connectivity index (χ1) is 9.18. The van der Waals surface area contributed by atoms with E-state index in [9.17, 15) is 0 Å². The maximum atomic E-state index is 5.64. The van der Waals surface area contributed by atoms with Crippen LogP contribution in [0.15, 0.2) is 0 Å². The molecule has 3 rings (SSSR count). The van der Waals surface area contributed by atoms with Crippen LogP contribution in [-0.2, 0) is 4.74 Å². The smallest absolute Gasteiger partial charge is 0.0548 e. The van der Waals surface area contributed by atoms with Crippen LogP contribution < -0.4 is 5.32 Å². The van der Waals surface area contributed by atoms with Gasteiger partial charge in [0.2, 0.25) is 0 Å². The average molecular weight is 267 g/mol. The number of hydrogen-bond donors (Lipinski definition) is 1. The van der Waals surface area contributed by atoms with Crippen molar-refractivity contribution in [2.75, 3.05) is 60.0 Å². The van der Waals surface area contributed by atoms with Crippen LogP contribution in [0.3, 0.4) is 0 Å². The number of rotatable bonds is 3. The SMILES string of the molecule is CN1CCNC(CC2(C3CCCN(C)C3)COC2)C1. The first-order valence-corrected chi connectivity index (χ1v) is 7.86. The third-order valence-electron chi connectivity index (χ3n) is 5.38. The number of hydrogen-bond acceptors (Lipinski definition) is 4. The lowest BCUT2D eigenvalue weighted by Crippen LogP contribution is -2.58. The number of likely N-dealkylation sites (N-methyl/N-ethyl adjacent to an activating group) is 1. The molecular weight excluding hydrogens is 238 g/mol. The summed E-state index contributed by atoms with van der Waals surface area (Å²) in [5.74, 6) is 0.842. The predicted molar refractivity (Wildman–Crippen MR) is 77.4 cm³/mol. The van der Waals surface area contributed by atoms with Crippen molar-refractivity contribution in [3.8, 4) is 0 Å². The van der Waals surface area contributed by atoms with E-state index >= 15 is 0 Å². The minimum Gasteiger partial charge on any atom is -0.380 e. The molecular formula is C15H29N3O. The number of ether oxygens (including phenoxy) is 1. The van der Waals surface area contributed by atoms with Gasteiger partial charge in [-0.05, 0) is 45.8 Å². The van der Waals surface area contributed by atoms with E-state index in [0.29, 0.717) is 11.5 Å². The molecule has 3 heterocycles. The number of nitrogens with one attached hydrogen (secondary N) is 1. The van der Waals surface area contributed by atoms with Crippen LogP contribution in [0.5, 0.6) is 0 Å². The van der Waals surface area contributed by atoms with Crippen LogP contribution in [0, 0.1) is 11.3 Å². The van der Waals surface area contributed by atoms with Gasteiger partial charge in [-0.15, -0.1) is 0 Å². The molecule has 0 amide bonds. The van der Waals surface area contributed by atoms with Gasteiger partial charge in [-0.25, -0.2) is 0 Å². The molecule has 0 spiro atoms. The van der Waals surface area contributed by atoms with Crippen LogP contribution in [0.4, 0.5) is 0 Å². The second-order valence-electron chi connectivity index (χ2n) is 7.07. The molecule has 0 saturated carbocycles. The largest absolute Gasteiger partial charge is 0.380 e. The summed E-state index contributed by atoms with van der Waals surface area (Å²) in [6, 6.07) is 0.662. The average Bonchev–Trinajstić information content (AvgIpc) is 2.34.